The highest BCUT2D eigenvalue weighted by atomic mass is 16.5. The number of fused-ring (bicyclic) bond motifs is 9. The second-order valence-corrected chi connectivity index (χ2v) is 12.7. The van der Waals surface area contributed by atoms with Gasteiger partial charge in [0.1, 0.15) is 5.75 Å². The van der Waals surface area contributed by atoms with E-state index in [4.69, 9.17) is 19.7 Å². The van der Waals surface area contributed by atoms with Crippen molar-refractivity contribution in [2.24, 2.45) is 0 Å². The van der Waals surface area contributed by atoms with Crippen LogP contribution in [0.25, 0.3) is 67.5 Å². The van der Waals surface area contributed by atoms with E-state index in [1.807, 2.05) is 42.5 Å². The average molecular weight is 640 g/mol. The molecule has 234 valence electrons. The highest BCUT2D eigenvalue weighted by Gasteiger charge is 2.51. The number of rotatable bonds is 4. The zero-order valence-electron chi connectivity index (χ0n) is 27.0. The van der Waals surface area contributed by atoms with Crippen molar-refractivity contribution in [1.82, 2.24) is 15.0 Å². The van der Waals surface area contributed by atoms with Crippen molar-refractivity contribution in [3.8, 4) is 73.3 Å². The lowest BCUT2D eigenvalue weighted by molar-refractivity contribution is 0.157. The smallest absolute Gasteiger partial charge is 0.186 e. The number of hydrogen-bond acceptors (Lipinski definition) is 4. The van der Waals surface area contributed by atoms with Gasteiger partial charge in [0.15, 0.2) is 23.1 Å². The number of benzene rings is 7. The number of para-hydroxylation sites is 1. The van der Waals surface area contributed by atoms with Crippen LogP contribution in [0.4, 0.5) is 0 Å². The lowest BCUT2D eigenvalue weighted by Crippen LogP contribution is -2.36. The first-order chi connectivity index (χ1) is 24.8. The quantitative estimate of drug-likeness (QED) is 0.192. The summed E-state index contributed by atoms with van der Waals surface area (Å²) < 4.78 is 7.23. The number of hydrogen-bond donors (Lipinski definition) is 0. The molecule has 1 spiro atoms. The maximum Gasteiger partial charge on any atom is 0.186 e. The highest BCUT2D eigenvalue weighted by Crippen LogP contribution is 2.59. The molecule has 0 N–H and O–H groups in total. The van der Waals surface area contributed by atoms with Gasteiger partial charge in [0, 0.05) is 44.5 Å². The molecule has 0 radical (unpaired) electrons. The van der Waals surface area contributed by atoms with Crippen LogP contribution >= 0.6 is 0 Å². The summed E-state index contributed by atoms with van der Waals surface area (Å²) in [6.07, 6.45) is 0. The normalized spacial score (nSPS) is 15.0. The second-order valence-electron chi connectivity index (χ2n) is 12.7. The van der Waals surface area contributed by atoms with Crippen LogP contribution in [0.1, 0.15) is 16.7 Å². The minimum absolute atomic E-state index is 0.620. The standard InChI is InChI=1S/C46H29N3O/c1-3-14-30(15-4-1)31-26-28-33(29-27-31)44-47-43(32-16-5-2-6-17-32)48-45(49-44)37-21-13-24-40-42(37)36-20-8-11-23-39(36)46(40)38-22-10-7-18-34(38)35-19-9-12-25-41(35)50-46/h1-29H. The van der Waals surface area contributed by atoms with Crippen molar-refractivity contribution in [1.29, 1.82) is 0 Å². The number of aromatic nitrogens is 3. The summed E-state index contributed by atoms with van der Waals surface area (Å²) in [6, 6.07) is 61.0. The Morgan fingerprint density at radius 2 is 0.780 bits per heavy atom. The van der Waals surface area contributed by atoms with Crippen LogP contribution in [0, 0.1) is 0 Å². The Morgan fingerprint density at radius 3 is 1.50 bits per heavy atom. The van der Waals surface area contributed by atoms with Crippen LogP contribution in [-0.2, 0) is 5.60 Å². The molecule has 0 saturated carbocycles. The van der Waals surface area contributed by atoms with Gasteiger partial charge in [-0.1, -0.05) is 170 Å². The topological polar surface area (TPSA) is 47.9 Å². The molecular formula is C46H29N3O. The van der Waals surface area contributed by atoms with E-state index >= 15 is 0 Å². The minimum Gasteiger partial charge on any atom is -0.472 e. The molecule has 8 aromatic rings. The molecule has 7 aromatic carbocycles. The van der Waals surface area contributed by atoms with E-state index in [1.165, 1.54) is 11.1 Å². The molecule has 0 bridgehead atoms. The fourth-order valence-electron chi connectivity index (χ4n) is 7.68. The molecule has 10 rings (SSSR count). The van der Waals surface area contributed by atoms with E-state index in [-0.39, 0.29) is 0 Å². The summed E-state index contributed by atoms with van der Waals surface area (Å²) in [5, 5.41) is 0. The summed E-state index contributed by atoms with van der Waals surface area (Å²) in [5.41, 5.74) is 12.1. The first kappa shape index (κ1) is 28.4. The van der Waals surface area contributed by atoms with Crippen LogP contribution in [0.2, 0.25) is 0 Å². The SMILES string of the molecule is c1ccc(-c2ccc(-c3nc(-c4ccccc4)nc(-c4cccc5c4-c4ccccc4C54Oc5ccccc5-c5ccccc54)n3)cc2)cc1. The van der Waals surface area contributed by atoms with E-state index < -0.39 is 5.60 Å². The number of ether oxygens (including phenoxy) is 1. The van der Waals surface area contributed by atoms with Crippen molar-refractivity contribution >= 4 is 0 Å². The van der Waals surface area contributed by atoms with E-state index in [0.717, 1.165) is 61.4 Å². The molecule has 2 aliphatic rings. The maximum absolute atomic E-state index is 7.23. The van der Waals surface area contributed by atoms with Crippen molar-refractivity contribution in [3.63, 3.8) is 0 Å². The van der Waals surface area contributed by atoms with Crippen LogP contribution in [-0.4, -0.2) is 15.0 Å². The molecule has 1 aliphatic carbocycles. The minimum atomic E-state index is -0.835. The van der Waals surface area contributed by atoms with Crippen molar-refractivity contribution in [2.45, 2.75) is 5.60 Å². The Hall–Kier alpha value is -6.65. The van der Waals surface area contributed by atoms with Gasteiger partial charge >= 0.3 is 0 Å². The molecule has 50 heavy (non-hydrogen) atoms. The predicted molar refractivity (Wildman–Crippen MR) is 199 cm³/mol. The zero-order valence-corrected chi connectivity index (χ0v) is 27.0. The number of nitrogens with zero attached hydrogens (tertiary/aromatic N) is 3. The zero-order chi connectivity index (χ0) is 33.1. The Balaban J connectivity index is 1.20. The Kier molecular flexibility index (Phi) is 6.36. The molecule has 0 amide bonds. The third-order valence-electron chi connectivity index (χ3n) is 9.92. The lowest BCUT2D eigenvalue weighted by atomic mass is 9.77. The molecule has 1 aliphatic heterocycles. The summed E-state index contributed by atoms with van der Waals surface area (Å²) in [4.78, 5) is 15.4. The maximum atomic E-state index is 7.23. The van der Waals surface area contributed by atoms with Crippen LogP contribution in [0.3, 0.4) is 0 Å². The molecule has 1 atom stereocenters. The predicted octanol–water partition coefficient (Wildman–Crippen LogP) is 10.9. The summed E-state index contributed by atoms with van der Waals surface area (Å²) in [6.45, 7) is 0. The summed E-state index contributed by atoms with van der Waals surface area (Å²) in [7, 11) is 0. The van der Waals surface area contributed by atoms with Gasteiger partial charge in [-0.05, 0) is 28.3 Å². The van der Waals surface area contributed by atoms with E-state index in [2.05, 4.69) is 133 Å². The van der Waals surface area contributed by atoms with E-state index in [0.29, 0.717) is 17.5 Å². The summed E-state index contributed by atoms with van der Waals surface area (Å²) in [5.74, 6) is 2.74. The Labute approximate surface area is 290 Å². The molecule has 0 saturated heterocycles. The van der Waals surface area contributed by atoms with Crippen molar-refractivity contribution in [3.05, 3.63) is 193 Å². The Morgan fingerprint density at radius 1 is 0.320 bits per heavy atom. The van der Waals surface area contributed by atoms with E-state index in [1.54, 1.807) is 0 Å². The molecule has 0 fully saturated rings. The molecule has 4 heteroatoms. The third kappa shape index (κ3) is 4.28. The first-order valence-electron chi connectivity index (χ1n) is 16.9. The van der Waals surface area contributed by atoms with Crippen molar-refractivity contribution < 1.29 is 4.74 Å². The molecular weight excluding hydrogens is 611 g/mol. The molecule has 1 aromatic heterocycles. The van der Waals surface area contributed by atoms with Gasteiger partial charge < -0.3 is 4.74 Å². The van der Waals surface area contributed by atoms with Gasteiger partial charge in [-0.2, -0.15) is 0 Å². The molecule has 1 unspecified atom stereocenters. The van der Waals surface area contributed by atoms with Gasteiger partial charge in [-0.15, -0.1) is 0 Å². The third-order valence-corrected chi connectivity index (χ3v) is 9.92. The Bertz CT molecular complexity index is 2560. The van der Waals surface area contributed by atoms with Crippen LogP contribution in [0.15, 0.2) is 176 Å². The fourth-order valence-corrected chi connectivity index (χ4v) is 7.68. The van der Waals surface area contributed by atoms with Crippen LogP contribution in [0.5, 0.6) is 5.75 Å². The van der Waals surface area contributed by atoms with Gasteiger partial charge in [-0.3, -0.25) is 0 Å². The fraction of sp³-hybridized carbons (Fsp3) is 0.0217. The van der Waals surface area contributed by atoms with Crippen molar-refractivity contribution in [2.75, 3.05) is 0 Å². The molecule has 2 heterocycles. The van der Waals surface area contributed by atoms with Gasteiger partial charge in [0.25, 0.3) is 0 Å². The monoisotopic (exact) mass is 639 g/mol. The van der Waals surface area contributed by atoms with E-state index in [9.17, 15) is 0 Å². The first-order valence-corrected chi connectivity index (χ1v) is 16.9. The summed E-state index contributed by atoms with van der Waals surface area (Å²) >= 11 is 0. The lowest BCUT2D eigenvalue weighted by Gasteiger charge is -2.39. The van der Waals surface area contributed by atoms with Gasteiger partial charge in [0.05, 0.1) is 0 Å². The molecule has 4 nitrogen and oxygen atoms in total. The average Bonchev–Trinajstić information content (AvgIpc) is 3.48. The second kappa shape index (κ2) is 11.2. The van der Waals surface area contributed by atoms with Crippen LogP contribution < -0.4 is 4.74 Å². The van der Waals surface area contributed by atoms with Gasteiger partial charge in [0.2, 0.25) is 0 Å². The van der Waals surface area contributed by atoms with Gasteiger partial charge in [-0.25, -0.2) is 15.0 Å². The largest absolute Gasteiger partial charge is 0.472 e. The highest BCUT2D eigenvalue weighted by molar-refractivity contribution is 5.94.